The number of anilines is 1. The molecule has 0 saturated heterocycles. The summed E-state index contributed by atoms with van der Waals surface area (Å²) in [5, 5.41) is 3.59. The van der Waals surface area contributed by atoms with E-state index in [0.717, 1.165) is 24.3 Å². The smallest absolute Gasteiger partial charge is 0.121 e. The fourth-order valence-electron chi connectivity index (χ4n) is 2.52. The van der Waals surface area contributed by atoms with E-state index in [9.17, 15) is 0 Å². The normalized spacial score (nSPS) is 23.7. The molecule has 1 aliphatic rings. The molecule has 0 aromatic heterocycles. The number of nitrogens with one attached hydrogen (secondary N) is 1. The number of benzene rings is 1. The first kappa shape index (κ1) is 13.2. The van der Waals surface area contributed by atoms with Crippen LogP contribution in [0.4, 0.5) is 5.69 Å². The standard InChI is InChI=1S/C15H23NO2/c1-3-18-15-6-4-5-13(11-15)16-12-7-9-14(17-2)10-8-12/h4-6,11-12,14,16H,3,7-10H2,1-2H3. The molecule has 18 heavy (non-hydrogen) atoms. The van der Waals surface area contributed by atoms with Crippen LogP contribution >= 0.6 is 0 Å². The first-order valence-corrected chi connectivity index (χ1v) is 6.84. The molecule has 0 unspecified atom stereocenters. The number of hydrogen-bond donors (Lipinski definition) is 1. The van der Waals surface area contributed by atoms with Gasteiger partial charge >= 0.3 is 0 Å². The van der Waals surface area contributed by atoms with E-state index in [1.807, 2.05) is 26.2 Å². The maximum Gasteiger partial charge on any atom is 0.121 e. The minimum Gasteiger partial charge on any atom is -0.494 e. The van der Waals surface area contributed by atoms with Crippen molar-refractivity contribution >= 4 is 5.69 Å². The Kier molecular flexibility index (Phi) is 4.88. The summed E-state index contributed by atoms with van der Waals surface area (Å²) in [5.74, 6) is 0.938. The Hall–Kier alpha value is -1.22. The van der Waals surface area contributed by atoms with Crippen LogP contribution in [-0.4, -0.2) is 25.9 Å². The molecule has 1 fully saturated rings. The van der Waals surface area contributed by atoms with Gasteiger partial charge in [-0.05, 0) is 44.7 Å². The van der Waals surface area contributed by atoms with Crippen molar-refractivity contribution < 1.29 is 9.47 Å². The molecule has 3 heteroatoms. The van der Waals surface area contributed by atoms with Gasteiger partial charge < -0.3 is 14.8 Å². The second-order valence-electron chi connectivity index (χ2n) is 4.81. The molecule has 0 heterocycles. The third-order valence-electron chi connectivity index (χ3n) is 3.52. The quantitative estimate of drug-likeness (QED) is 0.867. The molecule has 1 N–H and O–H groups in total. The largest absolute Gasteiger partial charge is 0.494 e. The Balaban J connectivity index is 1.87. The van der Waals surface area contributed by atoms with Gasteiger partial charge in [-0.15, -0.1) is 0 Å². The molecule has 0 amide bonds. The predicted molar refractivity (Wildman–Crippen MR) is 74.3 cm³/mol. The topological polar surface area (TPSA) is 30.5 Å². The molecule has 100 valence electrons. The van der Waals surface area contributed by atoms with Gasteiger partial charge in [-0.25, -0.2) is 0 Å². The monoisotopic (exact) mass is 249 g/mol. The average molecular weight is 249 g/mol. The van der Waals surface area contributed by atoms with Crippen molar-refractivity contribution in [1.82, 2.24) is 0 Å². The zero-order chi connectivity index (χ0) is 12.8. The molecule has 0 radical (unpaired) electrons. The molecule has 1 aromatic rings. The van der Waals surface area contributed by atoms with Crippen LogP contribution in [0.3, 0.4) is 0 Å². The predicted octanol–water partition coefficient (Wildman–Crippen LogP) is 3.45. The minimum absolute atomic E-state index is 0.456. The second-order valence-corrected chi connectivity index (χ2v) is 4.81. The summed E-state index contributed by atoms with van der Waals surface area (Å²) < 4.78 is 10.9. The van der Waals surface area contributed by atoms with E-state index in [1.54, 1.807) is 0 Å². The summed E-state index contributed by atoms with van der Waals surface area (Å²) in [6, 6.07) is 8.77. The number of methoxy groups -OCH3 is 1. The highest BCUT2D eigenvalue weighted by Gasteiger charge is 2.20. The zero-order valence-corrected chi connectivity index (χ0v) is 11.3. The molecule has 3 nitrogen and oxygen atoms in total. The molecule has 0 aliphatic heterocycles. The Bertz CT molecular complexity index is 359. The van der Waals surface area contributed by atoms with Crippen molar-refractivity contribution in [2.24, 2.45) is 0 Å². The summed E-state index contributed by atoms with van der Waals surface area (Å²) in [5.41, 5.74) is 1.15. The van der Waals surface area contributed by atoms with Crippen LogP contribution in [0.2, 0.25) is 0 Å². The van der Waals surface area contributed by atoms with Gasteiger partial charge in [0.25, 0.3) is 0 Å². The first-order chi connectivity index (χ1) is 8.81. The Morgan fingerprint density at radius 2 is 2.00 bits per heavy atom. The van der Waals surface area contributed by atoms with E-state index in [1.165, 1.54) is 12.8 Å². The van der Waals surface area contributed by atoms with E-state index in [-0.39, 0.29) is 0 Å². The second kappa shape index (κ2) is 6.64. The van der Waals surface area contributed by atoms with Crippen molar-refractivity contribution in [2.45, 2.75) is 44.8 Å². The van der Waals surface area contributed by atoms with Crippen LogP contribution in [-0.2, 0) is 4.74 Å². The SMILES string of the molecule is CCOc1cccc(NC2CCC(OC)CC2)c1. The van der Waals surface area contributed by atoms with Crippen molar-refractivity contribution in [1.29, 1.82) is 0 Å². The highest BCUT2D eigenvalue weighted by molar-refractivity contribution is 5.48. The lowest BCUT2D eigenvalue weighted by molar-refractivity contribution is 0.0682. The Labute approximate surface area is 109 Å². The van der Waals surface area contributed by atoms with Crippen LogP contribution in [0.5, 0.6) is 5.75 Å². The third-order valence-corrected chi connectivity index (χ3v) is 3.52. The number of rotatable bonds is 5. The molecule has 1 saturated carbocycles. The van der Waals surface area contributed by atoms with Gasteiger partial charge in [-0.3, -0.25) is 0 Å². The fraction of sp³-hybridized carbons (Fsp3) is 0.600. The van der Waals surface area contributed by atoms with Crippen molar-refractivity contribution in [3.8, 4) is 5.75 Å². The van der Waals surface area contributed by atoms with Gasteiger partial charge in [0.05, 0.1) is 12.7 Å². The lowest BCUT2D eigenvalue weighted by atomic mass is 9.93. The Morgan fingerprint density at radius 3 is 2.67 bits per heavy atom. The molecule has 1 aliphatic carbocycles. The molecule has 2 rings (SSSR count). The molecular weight excluding hydrogens is 226 g/mol. The zero-order valence-electron chi connectivity index (χ0n) is 11.3. The van der Waals surface area contributed by atoms with Crippen LogP contribution in [0, 0.1) is 0 Å². The number of hydrogen-bond acceptors (Lipinski definition) is 3. The summed E-state index contributed by atoms with van der Waals surface area (Å²) in [4.78, 5) is 0. The first-order valence-electron chi connectivity index (χ1n) is 6.84. The van der Waals surface area contributed by atoms with Crippen LogP contribution in [0.15, 0.2) is 24.3 Å². The van der Waals surface area contributed by atoms with E-state index in [4.69, 9.17) is 9.47 Å². The Morgan fingerprint density at radius 1 is 1.22 bits per heavy atom. The van der Waals surface area contributed by atoms with Crippen molar-refractivity contribution in [3.63, 3.8) is 0 Å². The lowest BCUT2D eigenvalue weighted by Crippen LogP contribution is -2.29. The minimum atomic E-state index is 0.456. The third kappa shape index (κ3) is 3.64. The lowest BCUT2D eigenvalue weighted by Gasteiger charge is -2.29. The van der Waals surface area contributed by atoms with E-state index in [2.05, 4.69) is 17.4 Å². The van der Waals surface area contributed by atoms with Gasteiger partial charge in [0.1, 0.15) is 5.75 Å². The van der Waals surface area contributed by atoms with Gasteiger partial charge in [-0.2, -0.15) is 0 Å². The number of ether oxygens (including phenoxy) is 2. The molecule has 0 spiro atoms. The molecular formula is C15H23NO2. The maximum atomic E-state index is 5.51. The highest BCUT2D eigenvalue weighted by Crippen LogP contribution is 2.25. The summed E-state index contributed by atoms with van der Waals surface area (Å²) in [6.45, 7) is 2.72. The van der Waals surface area contributed by atoms with Gasteiger partial charge in [-0.1, -0.05) is 6.07 Å². The maximum absolute atomic E-state index is 5.51. The van der Waals surface area contributed by atoms with E-state index in [0.29, 0.717) is 18.8 Å². The van der Waals surface area contributed by atoms with Crippen LogP contribution in [0.1, 0.15) is 32.6 Å². The van der Waals surface area contributed by atoms with Gasteiger partial charge in [0, 0.05) is 24.9 Å². The van der Waals surface area contributed by atoms with E-state index < -0.39 is 0 Å². The van der Waals surface area contributed by atoms with Crippen LogP contribution in [0.25, 0.3) is 0 Å². The summed E-state index contributed by atoms with van der Waals surface area (Å²) in [7, 11) is 1.81. The van der Waals surface area contributed by atoms with E-state index >= 15 is 0 Å². The molecule has 0 bridgehead atoms. The average Bonchev–Trinajstić information content (AvgIpc) is 2.40. The van der Waals surface area contributed by atoms with Gasteiger partial charge in [0.15, 0.2) is 0 Å². The van der Waals surface area contributed by atoms with Crippen LogP contribution < -0.4 is 10.1 Å². The van der Waals surface area contributed by atoms with Crippen molar-refractivity contribution in [2.75, 3.05) is 19.0 Å². The fourth-order valence-corrected chi connectivity index (χ4v) is 2.52. The molecule has 1 aromatic carbocycles. The highest BCUT2D eigenvalue weighted by atomic mass is 16.5. The van der Waals surface area contributed by atoms with Crippen molar-refractivity contribution in [3.05, 3.63) is 24.3 Å². The van der Waals surface area contributed by atoms with Gasteiger partial charge in [0.2, 0.25) is 0 Å². The summed E-state index contributed by atoms with van der Waals surface area (Å²) >= 11 is 0. The summed E-state index contributed by atoms with van der Waals surface area (Å²) in [6.07, 6.45) is 5.12. The molecule has 0 atom stereocenters.